The van der Waals surface area contributed by atoms with Crippen LogP contribution >= 0.6 is 0 Å². The summed E-state index contributed by atoms with van der Waals surface area (Å²) in [6, 6.07) is 6.28. The highest BCUT2D eigenvalue weighted by atomic mass is 16.5. The van der Waals surface area contributed by atoms with Crippen molar-refractivity contribution >= 4 is 23.5 Å². The van der Waals surface area contributed by atoms with E-state index in [1.807, 2.05) is 23.1 Å². The maximum Gasteiger partial charge on any atom is 0.246 e. The van der Waals surface area contributed by atoms with Crippen molar-refractivity contribution in [1.82, 2.24) is 15.1 Å². The third-order valence-electron chi connectivity index (χ3n) is 7.68. The molecule has 3 unspecified atom stereocenters. The first-order chi connectivity index (χ1) is 16.1. The molecule has 4 aliphatic rings. The SMILES string of the molecule is NC(=O)C(CCCCOc1ccc2c(c1)CN1CC(=O)NC1=N2)N1CCCC2CCCCC21. The Bertz CT molecular complexity index is 931. The summed E-state index contributed by atoms with van der Waals surface area (Å²) < 4.78 is 6.00. The number of amides is 2. The zero-order valence-electron chi connectivity index (χ0n) is 19.3. The number of carbonyl (C=O) groups is 2. The summed E-state index contributed by atoms with van der Waals surface area (Å²) in [4.78, 5) is 32.8. The molecule has 0 spiro atoms. The molecule has 2 saturated heterocycles. The number of hydrogen-bond donors (Lipinski definition) is 2. The molecule has 3 heterocycles. The number of fused-ring (bicyclic) bond motifs is 3. The lowest BCUT2D eigenvalue weighted by Crippen LogP contribution is -2.55. The van der Waals surface area contributed by atoms with E-state index in [1.165, 1.54) is 38.5 Å². The Morgan fingerprint density at radius 2 is 2.03 bits per heavy atom. The lowest BCUT2D eigenvalue weighted by molar-refractivity contribution is -0.126. The summed E-state index contributed by atoms with van der Waals surface area (Å²) in [6.07, 6.45) is 10.2. The molecule has 33 heavy (non-hydrogen) atoms. The Morgan fingerprint density at radius 3 is 2.91 bits per heavy atom. The van der Waals surface area contributed by atoms with Gasteiger partial charge in [-0.15, -0.1) is 0 Å². The molecule has 1 aromatic rings. The standard InChI is InChI=1S/C25H35N5O3/c26-24(32)22(30-12-5-7-17-6-1-2-8-21(17)30)9-3-4-13-33-19-10-11-20-18(14-19)15-29-16-23(31)28-25(29)27-20/h10-11,14,17,21-22H,1-9,12-13,15-16H2,(H2,26,32)(H,27,28,31). The first kappa shape index (κ1) is 22.2. The van der Waals surface area contributed by atoms with Crippen LogP contribution in [0.1, 0.15) is 63.4 Å². The fourth-order valence-electron chi connectivity index (χ4n) is 6.08. The van der Waals surface area contributed by atoms with Gasteiger partial charge < -0.3 is 15.4 Å². The summed E-state index contributed by atoms with van der Waals surface area (Å²) in [6.45, 7) is 2.61. The number of carbonyl (C=O) groups excluding carboxylic acids is 2. The number of benzene rings is 1. The van der Waals surface area contributed by atoms with E-state index < -0.39 is 0 Å². The predicted molar refractivity (Wildman–Crippen MR) is 126 cm³/mol. The number of hydrogen-bond acceptors (Lipinski definition) is 6. The zero-order chi connectivity index (χ0) is 22.8. The maximum atomic E-state index is 12.3. The summed E-state index contributed by atoms with van der Waals surface area (Å²) in [5.41, 5.74) is 7.79. The number of rotatable bonds is 8. The summed E-state index contributed by atoms with van der Waals surface area (Å²) in [5.74, 6) is 2.01. The molecule has 178 valence electrons. The molecule has 0 bridgehead atoms. The van der Waals surface area contributed by atoms with Crippen LogP contribution < -0.4 is 15.8 Å². The molecule has 0 aromatic heterocycles. The third kappa shape index (κ3) is 4.86. The van der Waals surface area contributed by atoms with Gasteiger partial charge in [-0.25, -0.2) is 4.99 Å². The van der Waals surface area contributed by atoms with E-state index in [0.717, 1.165) is 48.7 Å². The minimum absolute atomic E-state index is 0.0177. The topological polar surface area (TPSA) is 100 Å². The second-order valence-electron chi connectivity index (χ2n) is 9.88. The van der Waals surface area contributed by atoms with Crippen molar-refractivity contribution in [1.29, 1.82) is 0 Å². The molecular formula is C25H35N5O3. The van der Waals surface area contributed by atoms with E-state index in [-0.39, 0.29) is 17.9 Å². The Balaban J connectivity index is 1.11. The highest BCUT2D eigenvalue weighted by Crippen LogP contribution is 2.37. The van der Waals surface area contributed by atoms with Gasteiger partial charge in [-0.05, 0) is 75.6 Å². The minimum atomic E-state index is -0.174. The predicted octanol–water partition coefficient (Wildman–Crippen LogP) is 2.68. The number of guanidine groups is 1. The number of unbranched alkanes of at least 4 members (excludes halogenated alkanes) is 1. The number of piperidine rings is 1. The molecule has 8 heteroatoms. The highest BCUT2D eigenvalue weighted by Gasteiger charge is 2.38. The smallest absolute Gasteiger partial charge is 0.246 e. The minimum Gasteiger partial charge on any atom is -0.494 e. The van der Waals surface area contributed by atoms with Crippen LogP contribution in [0.25, 0.3) is 0 Å². The Kier molecular flexibility index (Phi) is 6.53. The van der Waals surface area contributed by atoms with Gasteiger partial charge in [0.15, 0.2) is 0 Å². The van der Waals surface area contributed by atoms with Gasteiger partial charge in [-0.2, -0.15) is 0 Å². The van der Waals surface area contributed by atoms with E-state index in [2.05, 4.69) is 15.2 Å². The Morgan fingerprint density at radius 1 is 1.18 bits per heavy atom. The lowest BCUT2D eigenvalue weighted by Gasteiger charge is -2.47. The Hall–Kier alpha value is -2.61. The van der Waals surface area contributed by atoms with Crippen molar-refractivity contribution in [3.63, 3.8) is 0 Å². The van der Waals surface area contributed by atoms with Crippen LogP contribution in [-0.4, -0.2) is 59.4 Å². The molecule has 1 aromatic carbocycles. The van der Waals surface area contributed by atoms with Crippen LogP contribution in [0.4, 0.5) is 5.69 Å². The number of nitrogens with zero attached hydrogens (tertiary/aromatic N) is 3. The molecule has 3 aliphatic heterocycles. The summed E-state index contributed by atoms with van der Waals surface area (Å²) >= 11 is 0. The molecular weight excluding hydrogens is 418 g/mol. The maximum absolute atomic E-state index is 12.3. The molecule has 1 aliphatic carbocycles. The van der Waals surface area contributed by atoms with Gasteiger partial charge in [-0.3, -0.25) is 19.8 Å². The monoisotopic (exact) mass is 453 g/mol. The first-order valence-electron chi connectivity index (χ1n) is 12.5. The highest BCUT2D eigenvalue weighted by molar-refractivity contribution is 6.05. The second-order valence-corrected chi connectivity index (χ2v) is 9.88. The number of aliphatic imine (C=N–C) groups is 1. The van der Waals surface area contributed by atoms with Crippen molar-refractivity contribution in [3.05, 3.63) is 23.8 Å². The fraction of sp³-hybridized carbons (Fsp3) is 0.640. The van der Waals surface area contributed by atoms with Gasteiger partial charge in [0, 0.05) is 18.2 Å². The average molecular weight is 454 g/mol. The van der Waals surface area contributed by atoms with E-state index >= 15 is 0 Å². The first-order valence-corrected chi connectivity index (χ1v) is 12.5. The lowest BCUT2D eigenvalue weighted by atomic mass is 9.77. The van der Waals surface area contributed by atoms with Gasteiger partial charge in [0.2, 0.25) is 17.8 Å². The van der Waals surface area contributed by atoms with Crippen LogP contribution in [0, 0.1) is 5.92 Å². The van der Waals surface area contributed by atoms with E-state index in [9.17, 15) is 9.59 Å². The molecule has 1 saturated carbocycles. The van der Waals surface area contributed by atoms with Crippen molar-refractivity contribution in [2.75, 3.05) is 19.7 Å². The van der Waals surface area contributed by atoms with Crippen LogP contribution in [0.2, 0.25) is 0 Å². The van der Waals surface area contributed by atoms with Crippen molar-refractivity contribution in [3.8, 4) is 5.75 Å². The van der Waals surface area contributed by atoms with E-state index in [4.69, 9.17) is 10.5 Å². The van der Waals surface area contributed by atoms with Gasteiger partial charge >= 0.3 is 0 Å². The fourth-order valence-corrected chi connectivity index (χ4v) is 6.08. The normalized spacial score (nSPS) is 25.4. The molecule has 2 amide bonds. The second kappa shape index (κ2) is 9.71. The average Bonchev–Trinajstić information content (AvgIpc) is 3.18. The van der Waals surface area contributed by atoms with Crippen LogP contribution in [0.15, 0.2) is 23.2 Å². The summed E-state index contributed by atoms with van der Waals surface area (Å²) in [5, 5.41) is 2.78. The Labute approximate surface area is 195 Å². The largest absolute Gasteiger partial charge is 0.494 e. The van der Waals surface area contributed by atoms with E-state index in [0.29, 0.717) is 31.7 Å². The molecule has 5 rings (SSSR count). The van der Waals surface area contributed by atoms with Crippen molar-refractivity contribution < 1.29 is 14.3 Å². The molecule has 8 nitrogen and oxygen atoms in total. The van der Waals surface area contributed by atoms with Crippen LogP contribution in [0.3, 0.4) is 0 Å². The molecule has 3 atom stereocenters. The van der Waals surface area contributed by atoms with Crippen LogP contribution in [0.5, 0.6) is 5.75 Å². The van der Waals surface area contributed by atoms with Gasteiger partial charge in [0.05, 0.1) is 18.3 Å². The molecule has 3 fully saturated rings. The van der Waals surface area contributed by atoms with Crippen molar-refractivity contribution in [2.45, 2.75) is 76.4 Å². The quantitative estimate of drug-likeness (QED) is 0.590. The molecule has 0 radical (unpaired) electrons. The number of nitrogens with two attached hydrogens (primary N) is 1. The van der Waals surface area contributed by atoms with Gasteiger partial charge in [0.1, 0.15) is 12.3 Å². The van der Waals surface area contributed by atoms with Crippen LogP contribution in [-0.2, 0) is 16.1 Å². The van der Waals surface area contributed by atoms with Crippen molar-refractivity contribution in [2.24, 2.45) is 16.6 Å². The number of likely N-dealkylation sites (tertiary alicyclic amines) is 1. The molecule has 3 N–H and O–H groups in total. The van der Waals surface area contributed by atoms with E-state index in [1.54, 1.807) is 0 Å². The summed E-state index contributed by atoms with van der Waals surface area (Å²) in [7, 11) is 0. The third-order valence-corrected chi connectivity index (χ3v) is 7.68. The van der Waals surface area contributed by atoms with Gasteiger partial charge in [-0.1, -0.05) is 12.8 Å². The number of ether oxygens (including phenoxy) is 1. The van der Waals surface area contributed by atoms with Gasteiger partial charge in [0.25, 0.3) is 0 Å². The zero-order valence-corrected chi connectivity index (χ0v) is 19.3. The number of nitrogens with one attached hydrogen (secondary N) is 1. The number of primary amides is 1.